The molecule has 19 heavy (non-hydrogen) atoms. The van der Waals surface area contributed by atoms with E-state index in [2.05, 4.69) is 5.32 Å². The van der Waals surface area contributed by atoms with E-state index in [4.69, 9.17) is 5.11 Å². The number of amides is 2. The van der Waals surface area contributed by atoms with Crippen LogP contribution in [0.4, 0.5) is 0 Å². The third kappa shape index (κ3) is 5.50. The van der Waals surface area contributed by atoms with Crippen LogP contribution in [0.15, 0.2) is 0 Å². The van der Waals surface area contributed by atoms with E-state index in [1.54, 1.807) is 0 Å². The Labute approximate surface area is 116 Å². The Morgan fingerprint density at radius 3 is 2.68 bits per heavy atom. The maximum absolute atomic E-state index is 11.9. The van der Waals surface area contributed by atoms with Crippen LogP contribution in [0, 0.1) is 0 Å². The Bertz CT molecular complexity index is 349. The van der Waals surface area contributed by atoms with Crippen LogP contribution in [0.5, 0.6) is 0 Å². The number of aliphatic carboxylic acids is 1. The molecule has 0 saturated carbocycles. The van der Waals surface area contributed by atoms with Crippen molar-refractivity contribution in [1.82, 2.24) is 10.2 Å². The predicted octanol–water partition coefficient (Wildman–Crippen LogP) is 0.669. The fraction of sp³-hybridized carbons (Fsp3) is 0.750. The maximum Gasteiger partial charge on any atom is 0.327 e. The molecule has 0 bridgehead atoms. The fourth-order valence-electron chi connectivity index (χ4n) is 1.88. The lowest BCUT2D eigenvalue weighted by molar-refractivity contribution is -0.147. The zero-order chi connectivity index (χ0) is 14.3. The van der Waals surface area contributed by atoms with Crippen molar-refractivity contribution >= 4 is 29.5 Å². The van der Waals surface area contributed by atoms with Crippen molar-refractivity contribution in [3.05, 3.63) is 0 Å². The number of hydrogen-bond donors (Lipinski definition) is 2. The minimum atomic E-state index is -0.927. The molecule has 2 amide bonds. The number of carboxylic acid groups (broad SMARTS) is 1. The number of carbonyl (C=O) groups excluding carboxylic acids is 2. The quantitative estimate of drug-likeness (QED) is 0.672. The van der Waals surface area contributed by atoms with E-state index >= 15 is 0 Å². The third-order valence-corrected chi connectivity index (χ3v) is 3.94. The van der Waals surface area contributed by atoms with E-state index in [9.17, 15) is 14.4 Å². The van der Waals surface area contributed by atoms with Gasteiger partial charge in [0.1, 0.15) is 6.04 Å². The van der Waals surface area contributed by atoms with Crippen molar-refractivity contribution in [2.45, 2.75) is 38.6 Å². The van der Waals surface area contributed by atoms with Crippen LogP contribution in [-0.2, 0) is 14.4 Å². The normalized spacial score (nSPS) is 18.4. The molecule has 1 aliphatic rings. The Balaban J connectivity index is 2.17. The lowest BCUT2D eigenvalue weighted by Crippen LogP contribution is -2.41. The van der Waals surface area contributed by atoms with Gasteiger partial charge in [0.25, 0.3) is 0 Å². The number of nitrogens with one attached hydrogen (secondary N) is 1. The van der Waals surface area contributed by atoms with Crippen molar-refractivity contribution < 1.29 is 19.5 Å². The zero-order valence-electron chi connectivity index (χ0n) is 11.1. The predicted molar refractivity (Wildman–Crippen MR) is 72.7 cm³/mol. The van der Waals surface area contributed by atoms with Gasteiger partial charge in [-0.05, 0) is 12.8 Å². The molecule has 0 aromatic carbocycles. The largest absolute Gasteiger partial charge is 0.480 e. The van der Waals surface area contributed by atoms with Gasteiger partial charge in [0.2, 0.25) is 11.8 Å². The summed E-state index contributed by atoms with van der Waals surface area (Å²) in [7, 11) is 0. The molecule has 1 saturated heterocycles. The number of carboxylic acids is 1. The van der Waals surface area contributed by atoms with Gasteiger partial charge in [-0.25, -0.2) is 4.79 Å². The highest BCUT2D eigenvalue weighted by molar-refractivity contribution is 7.99. The van der Waals surface area contributed by atoms with Gasteiger partial charge in [-0.15, -0.1) is 11.8 Å². The minimum absolute atomic E-state index is 0.0468. The second-order valence-electron chi connectivity index (χ2n) is 4.51. The molecule has 0 aromatic rings. The summed E-state index contributed by atoms with van der Waals surface area (Å²) in [4.78, 5) is 34.9. The van der Waals surface area contributed by atoms with Crippen LogP contribution in [0.3, 0.4) is 0 Å². The van der Waals surface area contributed by atoms with E-state index in [0.717, 1.165) is 19.3 Å². The van der Waals surface area contributed by atoms with Gasteiger partial charge < -0.3 is 15.3 Å². The molecule has 7 heteroatoms. The van der Waals surface area contributed by atoms with Gasteiger partial charge >= 0.3 is 5.97 Å². The van der Waals surface area contributed by atoms with Crippen molar-refractivity contribution in [2.24, 2.45) is 0 Å². The van der Waals surface area contributed by atoms with E-state index in [-0.39, 0.29) is 11.8 Å². The van der Waals surface area contributed by atoms with Gasteiger partial charge in [0.15, 0.2) is 0 Å². The Kier molecular flexibility index (Phi) is 6.69. The second-order valence-corrected chi connectivity index (χ2v) is 5.51. The molecule has 1 fully saturated rings. The Morgan fingerprint density at radius 2 is 2.05 bits per heavy atom. The first kappa shape index (κ1) is 15.8. The molecule has 0 radical (unpaired) electrons. The van der Waals surface area contributed by atoms with Crippen molar-refractivity contribution in [1.29, 1.82) is 0 Å². The molecule has 108 valence electrons. The molecule has 0 aliphatic carbocycles. The Hall–Kier alpha value is -1.24. The summed E-state index contributed by atoms with van der Waals surface area (Å²) in [5, 5.41) is 11.7. The first-order valence-corrected chi connectivity index (χ1v) is 7.52. The van der Waals surface area contributed by atoms with E-state index < -0.39 is 12.0 Å². The summed E-state index contributed by atoms with van der Waals surface area (Å²) in [6, 6.07) is -0.670. The molecule has 0 spiro atoms. The highest BCUT2D eigenvalue weighted by atomic mass is 32.2. The summed E-state index contributed by atoms with van der Waals surface area (Å²) in [6.45, 7) is 2.10. The number of rotatable bonds is 7. The number of nitrogens with zero attached hydrogens (tertiary/aromatic N) is 1. The molecule has 1 rings (SSSR count). The first-order valence-electron chi connectivity index (χ1n) is 6.37. The average molecular weight is 288 g/mol. The van der Waals surface area contributed by atoms with E-state index in [1.807, 2.05) is 0 Å². The molecule has 0 unspecified atom stereocenters. The van der Waals surface area contributed by atoms with Crippen molar-refractivity contribution in [3.63, 3.8) is 0 Å². The van der Waals surface area contributed by atoms with Crippen molar-refractivity contribution in [2.75, 3.05) is 18.2 Å². The van der Waals surface area contributed by atoms with Crippen LogP contribution >= 0.6 is 11.8 Å². The lowest BCUT2D eigenvalue weighted by atomic mass is 10.1. The fourth-order valence-corrected chi connectivity index (χ4v) is 3.05. The van der Waals surface area contributed by atoms with Crippen molar-refractivity contribution in [3.8, 4) is 0 Å². The van der Waals surface area contributed by atoms with Gasteiger partial charge in [-0.3, -0.25) is 9.59 Å². The molecule has 1 heterocycles. The maximum atomic E-state index is 11.9. The smallest absolute Gasteiger partial charge is 0.327 e. The topological polar surface area (TPSA) is 86.7 Å². The van der Waals surface area contributed by atoms with Gasteiger partial charge in [0.05, 0.1) is 5.88 Å². The standard InChI is InChI=1S/C12H20N2O4S/c1-9(15)13-6-4-2-3-5-11(16)14-8-19-7-10(14)12(17)18/h10H,2-8H2,1H3,(H,13,15)(H,17,18)/t10-/m0/s1. The lowest BCUT2D eigenvalue weighted by Gasteiger charge is -2.20. The highest BCUT2D eigenvalue weighted by Gasteiger charge is 2.33. The van der Waals surface area contributed by atoms with E-state index in [0.29, 0.717) is 24.6 Å². The zero-order valence-corrected chi connectivity index (χ0v) is 11.9. The van der Waals surface area contributed by atoms with Crippen LogP contribution in [-0.4, -0.2) is 52.0 Å². The second kappa shape index (κ2) is 8.04. The molecule has 0 aromatic heterocycles. The minimum Gasteiger partial charge on any atom is -0.480 e. The average Bonchev–Trinajstić information content (AvgIpc) is 2.82. The van der Waals surface area contributed by atoms with E-state index in [1.165, 1.54) is 23.6 Å². The number of unbranched alkanes of at least 4 members (excludes halogenated alkanes) is 2. The van der Waals surface area contributed by atoms with Crippen LogP contribution < -0.4 is 5.32 Å². The van der Waals surface area contributed by atoms with Crippen LogP contribution in [0.25, 0.3) is 0 Å². The SMILES string of the molecule is CC(=O)NCCCCCC(=O)N1CSC[C@H]1C(=O)O. The molecule has 2 N–H and O–H groups in total. The van der Waals surface area contributed by atoms with Crippen LogP contribution in [0.1, 0.15) is 32.6 Å². The molecule has 1 aliphatic heterocycles. The monoisotopic (exact) mass is 288 g/mol. The summed E-state index contributed by atoms with van der Waals surface area (Å²) in [5.41, 5.74) is 0. The van der Waals surface area contributed by atoms with Crippen LogP contribution in [0.2, 0.25) is 0 Å². The highest BCUT2D eigenvalue weighted by Crippen LogP contribution is 2.22. The van der Waals surface area contributed by atoms with Gasteiger partial charge in [-0.2, -0.15) is 0 Å². The summed E-state index contributed by atoms with van der Waals surface area (Å²) >= 11 is 1.47. The molecular formula is C12H20N2O4S. The van der Waals surface area contributed by atoms with Gasteiger partial charge in [-0.1, -0.05) is 6.42 Å². The number of thioether (sulfide) groups is 1. The molecule has 1 atom stereocenters. The number of hydrogen-bond acceptors (Lipinski definition) is 4. The number of carbonyl (C=O) groups is 3. The Morgan fingerprint density at radius 1 is 1.32 bits per heavy atom. The summed E-state index contributed by atoms with van der Waals surface area (Å²) in [5.74, 6) is -0.110. The summed E-state index contributed by atoms with van der Waals surface area (Å²) in [6.07, 6.45) is 2.80. The first-order chi connectivity index (χ1) is 9.02. The molecular weight excluding hydrogens is 268 g/mol. The molecule has 6 nitrogen and oxygen atoms in total. The summed E-state index contributed by atoms with van der Waals surface area (Å²) < 4.78 is 0. The third-order valence-electron chi connectivity index (χ3n) is 2.93. The van der Waals surface area contributed by atoms with Gasteiger partial charge in [0, 0.05) is 25.6 Å².